The Kier molecular flexibility index (Phi) is 3.49. The van der Waals surface area contributed by atoms with Crippen molar-refractivity contribution in [1.29, 1.82) is 0 Å². The average molecular weight is 444 g/mol. The van der Waals surface area contributed by atoms with Gasteiger partial charge in [0, 0.05) is 48.7 Å². The number of rotatable bonds is 0. The number of Topliss-reactive ketones (excluding diaryl/α,β-unsaturated/α-hetero) is 1. The molecule has 1 aliphatic heterocycles. The smallest absolute Gasteiger partial charge is 0.202 e. The van der Waals surface area contributed by atoms with Gasteiger partial charge in [-0.15, -0.1) is 0 Å². The summed E-state index contributed by atoms with van der Waals surface area (Å²) in [6, 6.07) is 21.2. The van der Waals surface area contributed by atoms with Crippen LogP contribution in [0.15, 0.2) is 82.5 Å². The Morgan fingerprint density at radius 3 is 2.00 bits per heavy atom. The first-order chi connectivity index (χ1) is 16.1. The van der Waals surface area contributed by atoms with E-state index < -0.39 is 0 Å². The molecule has 5 heteroatoms. The van der Waals surface area contributed by atoms with Crippen molar-refractivity contribution in [2.45, 2.75) is 4.90 Å². The molecule has 0 N–H and O–H groups in total. The number of thioether (sulfide) groups is 1. The normalized spacial score (nSPS) is 16.4. The number of benzene rings is 4. The van der Waals surface area contributed by atoms with Crippen LogP contribution in [-0.2, 0) is 0 Å². The molecule has 1 aliphatic carbocycles. The zero-order chi connectivity index (χ0) is 22.4. The van der Waals surface area contributed by atoms with Crippen LogP contribution in [0.3, 0.4) is 0 Å². The van der Waals surface area contributed by atoms with Crippen molar-refractivity contribution >= 4 is 55.6 Å². The summed E-state index contributed by atoms with van der Waals surface area (Å²) in [4.78, 5) is 54.5. The van der Waals surface area contributed by atoms with Gasteiger partial charge in [0.2, 0.25) is 5.78 Å². The van der Waals surface area contributed by atoms with Gasteiger partial charge in [-0.25, -0.2) is 0 Å². The van der Waals surface area contributed by atoms with E-state index in [9.17, 15) is 19.2 Å². The standard InChI is InChI=1S/C28H12O4S/c29-24-14-7-1-2-8-15(14)25(30)21-18(24)11-12-19-23(21)27(32)28(33-19)22-16-9-3-5-13-6-4-10-17(20(13)16)26(22)31/h1-12H/b28-22+. The van der Waals surface area contributed by atoms with E-state index in [0.717, 1.165) is 16.2 Å². The summed E-state index contributed by atoms with van der Waals surface area (Å²) in [6.45, 7) is 0. The van der Waals surface area contributed by atoms with Crippen molar-refractivity contribution in [2.75, 3.05) is 0 Å². The number of hydrogen-bond donors (Lipinski definition) is 0. The summed E-state index contributed by atoms with van der Waals surface area (Å²) < 4.78 is 0. The summed E-state index contributed by atoms with van der Waals surface area (Å²) in [5.41, 5.74) is 1.07. The van der Waals surface area contributed by atoms with Crippen LogP contribution in [0.25, 0.3) is 26.5 Å². The van der Waals surface area contributed by atoms with Crippen LogP contribution in [0.1, 0.15) is 42.2 Å². The minimum absolute atomic E-state index is 0.144. The molecular formula is C28H12O4S. The zero-order valence-electron chi connectivity index (χ0n) is 17.0. The molecule has 0 unspecified atom stereocenters. The van der Waals surface area contributed by atoms with Gasteiger partial charge in [-0.1, -0.05) is 72.4 Å². The Hall–Kier alpha value is -4.09. The second-order valence-electron chi connectivity index (χ2n) is 8.24. The number of fused-ring (bicyclic) bond motifs is 4. The van der Waals surface area contributed by atoms with Crippen LogP contribution in [0.5, 0.6) is 0 Å². The molecule has 0 bridgehead atoms. The molecule has 7 rings (SSSR count). The van der Waals surface area contributed by atoms with Crippen molar-refractivity contribution in [3.63, 3.8) is 0 Å². The topological polar surface area (TPSA) is 68.3 Å². The predicted molar refractivity (Wildman–Crippen MR) is 127 cm³/mol. The lowest BCUT2D eigenvalue weighted by atomic mass is 9.81. The van der Waals surface area contributed by atoms with Gasteiger partial charge in [0.1, 0.15) is 0 Å². The molecule has 4 nitrogen and oxygen atoms in total. The maximum atomic E-state index is 13.7. The van der Waals surface area contributed by atoms with Crippen LogP contribution < -0.4 is 10.6 Å². The lowest BCUT2D eigenvalue weighted by Crippen LogP contribution is -2.25. The number of carbonyl (C=O) groups excluding carboxylic acids is 3. The predicted octanol–water partition coefficient (Wildman–Crippen LogP) is 4.38. The third-order valence-corrected chi connectivity index (χ3v) is 7.73. The first kappa shape index (κ1) is 18.5. The molecule has 1 heterocycles. The van der Waals surface area contributed by atoms with E-state index in [4.69, 9.17) is 0 Å². The minimum atomic E-state index is -0.374. The molecule has 0 radical (unpaired) electrons. The lowest BCUT2D eigenvalue weighted by Gasteiger charge is -2.19. The molecular weight excluding hydrogens is 432 g/mol. The first-order valence-corrected chi connectivity index (χ1v) is 11.3. The molecule has 5 aromatic rings. The second-order valence-corrected chi connectivity index (χ2v) is 9.29. The molecule has 33 heavy (non-hydrogen) atoms. The van der Waals surface area contributed by atoms with E-state index >= 15 is 0 Å². The van der Waals surface area contributed by atoms with Crippen LogP contribution in [0.2, 0.25) is 0 Å². The third-order valence-electron chi connectivity index (χ3n) is 6.57. The quantitative estimate of drug-likeness (QED) is 0.348. The van der Waals surface area contributed by atoms with Gasteiger partial charge in [-0.3, -0.25) is 19.2 Å². The van der Waals surface area contributed by atoms with Crippen LogP contribution in [0.4, 0.5) is 0 Å². The molecule has 0 aromatic heterocycles. The average Bonchev–Trinajstić information content (AvgIpc) is 3.32. The second kappa shape index (κ2) is 6.24. The number of carbonyl (C=O) groups is 3. The van der Waals surface area contributed by atoms with Gasteiger partial charge in [-0.05, 0) is 22.9 Å². The SMILES string of the molecule is O=C1c2ccccc2C(=O)c2c1ccc1c2C(=O)/C(=c2\c(=O)c3cccc4cccc2c43)S1. The molecule has 0 spiro atoms. The Morgan fingerprint density at radius 1 is 0.545 bits per heavy atom. The Bertz CT molecular complexity index is 1860. The van der Waals surface area contributed by atoms with Gasteiger partial charge in [0.25, 0.3) is 0 Å². The van der Waals surface area contributed by atoms with Gasteiger partial charge in [0.05, 0.1) is 4.91 Å². The van der Waals surface area contributed by atoms with E-state index in [2.05, 4.69) is 0 Å². The summed E-state index contributed by atoms with van der Waals surface area (Å²) >= 11 is 1.20. The largest absolute Gasteiger partial charge is 0.289 e. The molecule has 0 saturated heterocycles. The molecule has 0 amide bonds. The first-order valence-electron chi connectivity index (χ1n) is 10.5. The maximum absolute atomic E-state index is 13.7. The Morgan fingerprint density at radius 2 is 1.24 bits per heavy atom. The monoisotopic (exact) mass is 444 g/mol. The molecule has 0 saturated carbocycles. The van der Waals surface area contributed by atoms with Gasteiger partial charge < -0.3 is 0 Å². The van der Waals surface area contributed by atoms with E-state index in [1.807, 2.05) is 30.3 Å². The van der Waals surface area contributed by atoms with Crippen LogP contribution in [0, 0.1) is 0 Å². The van der Waals surface area contributed by atoms with E-state index in [1.54, 1.807) is 42.5 Å². The van der Waals surface area contributed by atoms with Gasteiger partial charge >= 0.3 is 0 Å². The van der Waals surface area contributed by atoms with E-state index in [-0.39, 0.29) is 39.5 Å². The van der Waals surface area contributed by atoms with Gasteiger partial charge in [-0.2, -0.15) is 0 Å². The van der Waals surface area contributed by atoms with Gasteiger partial charge in [0.15, 0.2) is 17.0 Å². The Balaban J connectivity index is 1.55. The summed E-state index contributed by atoms with van der Waals surface area (Å²) in [6.07, 6.45) is 0. The van der Waals surface area contributed by atoms with E-state index in [0.29, 0.717) is 31.5 Å². The van der Waals surface area contributed by atoms with E-state index in [1.165, 1.54) is 11.8 Å². The maximum Gasteiger partial charge on any atom is 0.202 e. The van der Waals surface area contributed by atoms with Crippen molar-refractivity contribution in [3.8, 4) is 0 Å². The van der Waals surface area contributed by atoms with Crippen molar-refractivity contribution in [3.05, 3.63) is 116 Å². The highest BCUT2D eigenvalue weighted by Crippen LogP contribution is 2.45. The minimum Gasteiger partial charge on any atom is -0.289 e. The summed E-state index contributed by atoms with van der Waals surface area (Å²) in [5, 5.41) is 3.48. The molecule has 2 aliphatic rings. The summed E-state index contributed by atoms with van der Waals surface area (Å²) in [5.74, 6) is -0.975. The highest BCUT2D eigenvalue weighted by Gasteiger charge is 2.39. The van der Waals surface area contributed by atoms with Crippen LogP contribution in [-0.4, -0.2) is 17.3 Å². The fourth-order valence-corrected chi connectivity index (χ4v) is 6.29. The van der Waals surface area contributed by atoms with Crippen molar-refractivity contribution < 1.29 is 14.4 Å². The molecule has 154 valence electrons. The molecule has 5 aromatic carbocycles. The fraction of sp³-hybridized carbons (Fsp3) is 0. The highest BCUT2D eigenvalue weighted by molar-refractivity contribution is 8.10. The molecule has 0 atom stereocenters. The summed E-state index contributed by atoms with van der Waals surface area (Å²) in [7, 11) is 0. The Labute approximate surface area is 190 Å². The van der Waals surface area contributed by atoms with Crippen LogP contribution >= 0.6 is 11.8 Å². The highest BCUT2D eigenvalue weighted by atomic mass is 32.2. The molecule has 0 fully saturated rings. The zero-order valence-corrected chi connectivity index (χ0v) is 17.8. The number of ketones is 3. The van der Waals surface area contributed by atoms with Crippen molar-refractivity contribution in [1.82, 2.24) is 0 Å². The fourth-order valence-electron chi connectivity index (χ4n) is 5.13. The third kappa shape index (κ3) is 2.22. The van der Waals surface area contributed by atoms with Crippen molar-refractivity contribution in [2.24, 2.45) is 0 Å². The number of hydrogen-bond acceptors (Lipinski definition) is 5. The lowest BCUT2D eigenvalue weighted by molar-refractivity contribution is 0.0973.